The second-order valence-electron chi connectivity index (χ2n) is 5.14. The number of aliphatic carboxylic acids is 1. The Morgan fingerprint density at radius 1 is 1.20 bits per heavy atom. The van der Waals surface area contributed by atoms with Crippen molar-refractivity contribution in [2.75, 3.05) is 32.7 Å². The minimum absolute atomic E-state index is 0.141. The molecule has 0 amide bonds. The number of fused-ring (bicyclic) bond motifs is 1. The van der Waals surface area contributed by atoms with E-state index in [4.69, 9.17) is 5.11 Å². The molecule has 0 aromatic carbocycles. The molecule has 6 nitrogen and oxygen atoms in total. The molecule has 0 radical (unpaired) electrons. The summed E-state index contributed by atoms with van der Waals surface area (Å²) >= 11 is 0. The molecule has 1 aliphatic rings. The summed E-state index contributed by atoms with van der Waals surface area (Å²) in [5, 5.41) is 8.78. The van der Waals surface area contributed by atoms with Crippen molar-refractivity contribution in [1.82, 2.24) is 19.2 Å². The van der Waals surface area contributed by atoms with Crippen LogP contribution in [0.4, 0.5) is 0 Å². The second kappa shape index (κ2) is 5.60. The van der Waals surface area contributed by atoms with Crippen molar-refractivity contribution < 1.29 is 9.90 Å². The van der Waals surface area contributed by atoms with Crippen LogP contribution in [0.2, 0.25) is 0 Å². The van der Waals surface area contributed by atoms with E-state index in [0.717, 1.165) is 44.1 Å². The molecular weight excluding hydrogens is 256 g/mol. The van der Waals surface area contributed by atoms with Crippen LogP contribution in [0.3, 0.4) is 0 Å². The van der Waals surface area contributed by atoms with Crippen LogP contribution in [0.25, 0.3) is 5.65 Å². The van der Waals surface area contributed by atoms with E-state index in [0.29, 0.717) is 0 Å². The van der Waals surface area contributed by atoms with Gasteiger partial charge in [-0.1, -0.05) is 6.07 Å². The first-order chi connectivity index (χ1) is 9.70. The maximum Gasteiger partial charge on any atom is 0.317 e. The first-order valence-corrected chi connectivity index (χ1v) is 6.80. The van der Waals surface area contributed by atoms with Crippen LogP contribution in [-0.2, 0) is 11.3 Å². The molecule has 106 valence electrons. The van der Waals surface area contributed by atoms with E-state index < -0.39 is 5.97 Å². The molecule has 0 bridgehead atoms. The third-order valence-electron chi connectivity index (χ3n) is 3.62. The zero-order chi connectivity index (χ0) is 13.9. The monoisotopic (exact) mass is 274 g/mol. The molecule has 0 spiro atoms. The first kappa shape index (κ1) is 13.1. The molecule has 1 N–H and O–H groups in total. The van der Waals surface area contributed by atoms with Gasteiger partial charge in [0.15, 0.2) is 0 Å². The SMILES string of the molecule is O=C(O)CN1CCN(Cc2cn3ccccc3n2)CC1. The number of pyridine rings is 1. The quantitative estimate of drug-likeness (QED) is 0.881. The molecule has 1 fully saturated rings. The Balaban J connectivity index is 1.58. The van der Waals surface area contributed by atoms with Gasteiger partial charge in [-0.25, -0.2) is 4.98 Å². The molecule has 0 atom stereocenters. The fourth-order valence-corrected chi connectivity index (χ4v) is 2.59. The van der Waals surface area contributed by atoms with E-state index in [2.05, 4.69) is 16.1 Å². The zero-order valence-electron chi connectivity index (χ0n) is 11.3. The highest BCUT2D eigenvalue weighted by molar-refractivity contribution is 5.69. The summed E-state index contributed by atoms with van der Waals surface area (Å²) in [6.45, 7) is 4.35. The molecule has 1 saturated heterocycles. The predicted molar refractivity (Wildman–Crippen MR) is 74.5 cm³/mol. The number of nitrogens with zero attached hydrogens (tertiary/aromatic N) is 4. The summed E-state index contributed by atoms with van der Waals surface area (Å²) in [6.07, 6.45) is 4.05. The minimum atomic E-state index is -0.751. The van der Waals surface area contributed by atoms with Crippen LogP contribution < -0.4 is 0 Å². The van der Waals surface area contributed by atoms with E-state index in [-0.39, 0.29) is 6.54 Å². The standard InChI is InChI=1S/C14H18N4O2/c19-14(20)11-17-7-5-16(6-8-17)9-12-10-18-4-2-1-3-13(18)15-12/h1-4,10H,5-9,11H2,(H,19,20). The number of carbonyl (C=O) groups is 1. The summed E-state index contributed by atoms with van der Waals surface area (Å²) < 4.78 is 2.02. The number of carboxylic acids is 1. The van der Waals surface area contributed by atoms with Gasteiger partial charge < -0.3 is 9.51 Å². The van der Waals surface area contributed by atoms with Gasteiger partial charge in [-0.2, -0.15) is 0 Å². The maximum atomic E-state index is 10.7. The van der Waals surface area contributed by atoms with Crippen LogP contribution in [0.1, 0.15) is 5.69 Å². The van der Waals surface area contributed by atoms with E-state index in [1.54, 1.807) is 0 Å². The average Bonchev–Trinajstić information content (AvgIpc) is 2.82. The fourth-order valence-electron chi connectivity index (χ4n) is 2.59. The minimum Gasteiger partial charge on any atom is -0.480 e. The molecule has 0 aliphatic carbocycles. The highest BCUT2D eigenvalue weighted by Gasteiger charge is 2.19. The molecule has 6 heteroatoms. The van der Waals surface area contributed by atoms with Gasteiger partial charge in [-0.3, -0.25) is 14.6 Å². The Kier molecular flexibility index (Phi) is 3.66. The normalized spacial score (nSPS) is 17.6. The number of carboxylic acid groups (broad SMARTS) is 1. The lowest BCUT2D eigenvalue weighted by atomic mass is 10.3. The van der Waals surface area contributed by atoms with E-state index in [1.165, 1.54) is 0 Å². The lowest BCUT2D eigenvalue weighted by Crippen LogP contribution is -2.47. The molecule has 1 aliphatic heterocycles. The van der Waals surface area contributed by atoms with Crippen molar-refractivity contribution in [3.05, 3.63) is 36.3 Å². The van der Waals surface area contributed by atoms with Gasteiger partial charge in [0.25, 0.3) is 0 Å². The van der Waals surface area contributed by atoms with Gasteiger partial charge in [0.2, 0.25) is 0 Å². The predicted octanol–water partition coefficient (Wildman–Crippen LogP) is 0.536. The Bertz CT molecular complexity index is 569. The van der Waals surface area contributed by atoms with E-state index in [1.807, 2.05) is 33.7 Å². The first-order valence-electron chi connectivity index (χ1n) is 6.80. The lowest BCUT2D eigenvalue weighted by molar-refractivity contribution is -0.138. The average molecular weight is 274 g/mol. The van der Waals surface area contributed by atoms with Crippen molar-refractivity contribution in [2.24, 2.45) is 0 Å². The Labute approximate surface area is 117 Å². The second-order valence-corrected chi connectivity index (χ2v) is 5.14. The van der Waals surface area contributed by atoms with E-state index >= 15 is 0 Å². The van der Waals surface area contributed by atoms with Gasteiger partial charge in [0.1, 0.15) is 5.65 Å². The smallest absolute Gasteiger partial charge is 0.317 e. The Morgan fingerprint density at radius 2 is 1.95 bits per heavy atom. The van der Waals surface area contributed by atoms with Crippen LogP contribution >= 0.6 is 0 Å². The van der Waals surface area contributed by atoms with Crippen molar-refractivity contribution in [3.8, 4) is 0 Å². The topological polar surface area (TPSA) is 61.1 Å². The lowest BCUT2D eigenvalue weighted by Gasteiger charge is -2.33. The van der Waals surface area contributed by atoms with Gasteiger partial charge in [0, 0.05) is 45.1 Å². The summed E-state index contributed by atoms with van der Waals surface area (Å²) in [5.74, 6) is -0.751. The van der Waals surface area contributed by atoms with Crippen molar-refractivity contribution in [2.45, 2.75) is 6.54 Å². The number of piperazine rings is 1. The van der Waals surface area contributed by atoms with Crippen LogP contribution in [0.15, 0.2) is 30.6 Å². The van der Waals surface area contributed by atoms with Crippen LogP contribution in [0, 0.1) is 0 Å². The molecule has 3 rings (SSSR count). The zero-order valence-corrected chi connectivity index (χ0v) is 11.3. The highest BCUT2D eigenvalue weighted by Crippen LogP contribution is 2.09. The van der Waals surface area contributed by atoms with Crippen molar-refractivity contribution in [3.63, 3.8) is 0 Å². The molecule has 0 saturated carbocycles. The number of hydrogen-bond donors (Lipinski definition) is 1. The summed E-state index contributed by atoms with van der Waals surface area (Å²) in [4.78, 5) is 19.6. The molecular formula is C14H18N4O2. The third kappa shape index (κ3) is 2.97. The molecule has 2 aromatic rings. The van der Waals surface area contributed by atoms with Gasteiger partial charge in [0.05, 0.1) is 12.2 Å². The molecule has 20 heavy (non-hydrogen) atoms. The molecule has 2 aromatic heterocycles. The summed E-state index contributed by atoms with van der Waals surface area (Å²) in [6, 6.07) is 5.97. The van der Waals surface area contributed by atoms with Crippen molar-refractivity contribution >= 4 is 11.6 Å². The van der Waals surface area contributed by atoms with Crippen LogP contribution in [-0.4, -0.2) is 63.0 Å². The summed E-state index contributed by atoms with van der Waals surface area (Å²) in [7, 11) is 0. The Hall–Kier alpha value is -1.92. The molecule has 3 heterocycles. The third-order valence-corrected chi connectivity index (χ3v) is 3.62. The van der Waals surface area contributed by atoms with Crippen molar-refractivity contribution in [1.29, 1.82) is 0 Å². The van der Waals surface area contributed by atoms with Gasteiger partial charge in [-0.15, -0.1) is 0 Å². The highest BCUT2D eigenvalue weighted by atomic mass is 16.4. The number of rotatable bonds is 4. The van der Waals surface area contributed by atoms with E-state index in [9.17, 15) is 4.79 Å². The van der Waals surface area contributed by atoms with Gasteiger partial charge >= 0.3 is 5.97 Å². The maximum absolute atomic E-state index is 10.7. The number of hydrogen-bond acceptors (Lipinski definition) is 4. The fraction of sp³-hybridized carbons (Fsp3) is 0.429. The molecule has 0 unspecified atom stereocenters. The van der Waals surface area contributed by atoms with Gasteiger partial charge in [-0.05, 0) is 12.1 Å². The Morgan fingerprint density at radius 3 is 2.65 bits per heavy atom. The summed E-state index contributed by atoms with van der Waals surface area (Å²) in [5.41, 5.74) is 2.02. The van der Waals surface area contributed by atoms with Crippen LogP contribution in [0.5, 0.6) is 0 Å². The number of imidazole rings is 1. The largest absolute Gasteiger partial charge is 0.480 e. The number of aromatic nitrogens is 2.